The quantitative estimate of drug-likeness (QED) is 0.448. The standard InChI is InChI=1S/C20H18ClF3N4O3S/c1-12(18(29)25-13-7-9-14(10-8-13)31-20(22,23)24)32-19-27-26-17(28(19)2)11-30-16-6-4-3-5-15(16)21/h3-10,12H,11H2,1-2H3,(H,25,29)/t12-/m0/s1. The third kappa shape index (κ3) is 6.54. The van der Waals surface area contributed by atoms with E-state index in [0.29, 0.717) is 27.4 Å². The maximum atomic E-state index is 12.5. The summed E-state index contributed by atoms with van der Waals surface area (Å²) >= 11 is 7.25. The SMILES string of the molecule is C[C@H](Sc1nnc(COc2ccccc2Cl)n1C)C(=O)Nc1ccc(OC(F)(F)F)cc1. The largest absolute Gasteiger partial charge is 0.573 e. The fourth-order valence-electron chi connectivity index (χ4n) is 2.47. The van der Waals surface area contributed by atoms with Crippen molar-refractivity contribution >= 4 is 35.0 Å². The molecule has 1 amide bonds. The molecular weight excluding hydrogens is 469 g/mol. The van der Waals surface area contributed by atoms with Gasteiger partial charge in [-0.3, -0.25) is 4.79 Å². The van der Waals surface area contributed by atoms with Gasteiger partial charge in [0.2, 0.25) is 5.91 Å². The van der Waals surface area contributed by atoms with Gasteiger partial charge in [0.25, 0.3) is 0 Å². The van der Waals surface area contributed by atoms with E-state index < -0.39 is 11.6 Å². The highest BCUT2D eigenvalue weighted by atomic mass is 35.5. The molecule has 0 aliphatic heterocycles. The first kappa shape index (κ1) is 23.7. The van der Waals surface area contributed by atoms with Crippen molar-refractivity contribution in [2.24, 2.45) is 7.05 Å². The number of amides is 1. The first-order chi connectivity index (χ1) is 15.1. The molecule has 0 aliphatic carbocycles. The number of hydrogen-bond acceptors (Lipinski definition) is 6. The summed E-state index contributed by atoms with van der Waals surface area (Å²) in [6.07, 6.45) is -4.77. The van der Waals surface area contributed by atoms with Gasteiger partial charge in [-0.2, -0.15) is 0 Å². The van der Waals surface area contributed by atoms with Crippen LogP contribution in [0.2, 0.25) is 5.02 Å². The lowest BCUT2D eigenvalue weighted by molar-refractivity contribution is -0.274. The molecule has 1 atom stereocenters. The van der Waals surface area contributed by atoms with Gasteiger partial charge in [-0.1, -0.05) is 35.5 Å². The van der Waals surface area contributed by atoms with Crippen LogP contribution in [0.5, 0.6) is 11.5 Å². The van der Waals surface area contributed by atoms with Crippen molar-refractivity contribution in [3.8, 4) is 11.5 Å². The van der Waals surface area contributed by atoms with Gasteiger partial charge in [-0.15, -0.1) is 23.4 Å². The van der Waals surface area contributed by atoms with E-state index in [1.54, 1.807) is 42.8 Å². The number of anilines is 1. The Labute approximate surface area is 190 Å². The van der Waals surface area contributed by atoms with E-state index in [1.807, 2.05) is 0 Å². The summed E-state index contributed by atoms with van der Waals surface area (Å²) in [4.78, 5) is 12.5. The minimum absolute atomic E-state index is 0.140. The van der Waals surface area contributed by atoms with Crippen LogP contribution >= 0.6 is 23.4 Å². The summed E-state index contributed by atoms with van der Waals surface area (Å²) in [6, 6.07) is 11.9. The van der Waals surface area contributed by atoms with E-state index in [0.717, 1.165) is 12.1 Å². The first-order valence-electron chi connectivity index (χ1n) is 9.21. The van der Waals surface area contributed by atoms with Crippen LogP contribution in [-0.4, -0.2) is 32.3 Å². The lowest BCUT2D eigenvalue weighted by Gasteiger charge is -2.13. The number of aromatic nitrogens is 3. The molecule has 0 radical (unpaired) electrons. The molecule has 0 spiro atoms. The van der Waals surface area contributed by atoms with Crippen LogP contribution in [0, 0.1) is 0 Å². The molecule has 32 heavy (non-hydrogen) atoms. The molecule has 1 heterocycles. The zero-order chi connectivity index (χ0) is 23.3. The molecule has 1 N–H and O–H groups in total. The number of nitrogens with zero attached hydrogens (tertiary/aromatic N) is 3. The molecule has 0 saturated heterocycles. The van der Waals surface area contributed by atoms with Crippen molar-refractivity contribution in [2.75, 3.05) is 5.32 Å². The van der Waals surface area contributed by atoms with Crippen molar-refractivity contribution in [2.45, 2.75) is 30.3 Å². The summed E-state index contributed by atoms with van der Waals surface area (Å²) in [5.74, 6) is 0.339. The van der Waals surface area contributed by atoms with Gasteiger partial charge in [-0.25, -0.2) is 0 Å². The molecule has 0 bridgehead atoms. The molecule has 7 nitrogen and oxygen atoms in total. The highest BCUT2D eigenvalue weighted by Crippen LogP contribution is 2.27. The van der Waals surface area contributed by atoms with Gasteiger partial charge in [0.1, 0.15) is 18.1 Å². The fraction of sp³-hybridized carbons (Fsp3) is 0.250. The van der Waals surface area contributed by atoms with E-state index in [1.165, 1.54) is 23.9 Å². The number of rotatable bonds is 8. The van der Waals surface area contributed by atoms with E-state index in [4.69, 9.17) is 16.3 Å². The lowest BCUT2D eigenvalue weighted by Crippen LogP contribution is -2.23. The molecule has 170 valence electrons. The average Bonchev–Trinajstić information content (AvgIpc) is 3.07. The summed E-state index contributed by atoms with van der Waals surface area (Å²) in [6.45, 7) is 1.82. The Hall–Kier alpha value is -2.92. The molecule has 0 fully saturated rings. The van der Waals surface area contributed by atoms with E-state index in [2.05, 4.69) is 20.3 Å². The van der Waals surface area contributed by atoms with Gasteiger partial charge in [-0.05, 0) is 43.3 Å². The second-order valence-electron chi connectivity index (χ2n) is 6.50. The van der Waals surface area contributed by atoms with Gasteiger partial charge >= 0.3 is 6.36 Å². The van der Waals surface area contributed by atoms with Gasteiger partial charge in [0, 0.05) is 12.7 Å². The first-order valence-corrected chi connectivity index (χ1v) is 10.5. The molecule has 2 aromatic carbocycles. The third-order valence-corrected chi connectivity index (χ3v) is 5.57. The van der Waals surface area contributed by atoms with Crippen LogP contribution in [0.1, 0.15) is 12.7 Å². The molecule has 3 rings (SSSR count). The minimum atomic E-state index is -4.77. The van der Waals surface area contributed by atoms with Crippen LogP contribution in [0.3, 0.4) is 0 Å². The highest BCUT2D eigenvalue weighted by molar-refractivity contribution is 8.00. The van der Waals surface area contributed by atoms with Gasteiger partial charge in [0.15, 0.2) is 11.0 Å². The van der Waals surface area contributed by atoms with E-state index in [-0.39, 0.29) is 18.3 Å². The molecule has 0 unspecified atom stereocenters. The fourth-order valence-corrected chi connectivity index (χ4v) is 3.50. The van der Waals surface area contributed by atoms with E-state index in [9.17, 15) is 18.0 Å². The van der Waals surface area contributed by atoms with Crippen molar-refractivity contribution in [1.82, 2.24) is 14.8 Å². The number of alkyl halides is 3. The van der Waals surface area contributed by atoms with Crippen molar-refractivity contribution in [3.63, 3.8) is 0 Å². The molecule has 0 saturated carbocycles. The number of halogens is 4. The monoisotopic (exact) mass is 486 g/mol. The van der Waals surface area contributed by atoms with Crippen LogP contribution in [0.25, 0.3) is 0 Å². The Kier molecular flexibility index (Phi) is 7.52. The molecule has 3 aromatic rings. The highest BCUT2D eigenvalue weighted by Gasteiger charge is 2.31. The van der Waals surface area contributed by atoms with Crippen molar-refractivity contribution in [3.05, 3.63) is 59.4 Å². The lowest BCUT2D eigenvalue weighted by atomic mass is 10.3. The summed E-state index contributed by atoms with van der Waals surface area (Å²) in [5.41, 5.74) is 0.337. The Balaban J connectivity index is 1.55. The number of carbonyl (C=O) groups is 1. The van der Waals surface area contributed by atoms with Crippen molar-refractivity contribution in [1.29, 1.82) is 0 Å². The number of hydrogen-bond donors (Lipinski definition) is 1. The summed E-state index contributed by atoms with van der Waals surface area (Å²) < 4.78 is 47.9. The maximum absolute atomic E-state index is 12.5. The van der Waals surface area contributed by atoms with Crippen LogP contribution in [0.15, 0.2) is 53.7 Å². The van der Waals surface area contributed by atoms with Crippen LogP contribution in [0.4, 0.5) is 18.9 Å². The number of ether oxygens (including phenoxy) is 2. The smallest absolute Gasteiger partial charge is 0.484 e. The minimum Gasteiger partial charge on any atom is -0.484 e. The van der Waals surface area contributed by atoms with E-state index >= 15 is 0 Å². The molecule has 12 heteroatoms. The van der Waals surface area contributed by atoms with Crippen molar-refractivity contribution < 1.29 is 27.4 Å². The summed E-state index contributed by atoms with van der Waals surface area (Å²) in [7, 11) is 1.75. The predicted molar refractivity (Wildman–Crippen MR) is 114 cm³/mol. The molecule has 1 aromatic heterocycles. The number of thioether (sulfide) groups is 1. The van der Waals surface area contributed by atoms with Gasteiger partial charge in [0.05, 0.1) is 10.3 Å². The van der Waals surface area contributed by atoms with Crippen LogP contribution in [-0.2, 0) is 18.4 Å². The number of nitrogens with one attached hydrogen (secondary N) is 1. The Morgan fingerprint density at radius 3 is 2.53 bits per heavy atom. The predicted octanol–water partition coefficient (Wildman–Crippen LogP) is 5.07. The second-order valence-corrected chi connectivity index (χ2v) is 8.21. The number of benzene rings is 2. The zero-order valence-corrected chi connectivity index (χ0v) is 18.5. The average molecular weight is 487 g/mol. The second kappa shape index (κ2) is 10.1. The molecule has 0 aliphatic rings. The molecular formula is C20H18ClF3N4O3S. The van der Waals surface area contributed by atoms with Crippen LogP contribution < -0.4 is 14.8 Å². The topological polar surface area (TPSA) is 78.3 Å². The third-order valence-electron chi connectivity index (χ3n) is 4.13. The Morgan fingerprint density at radius 1 is 1.19 bits per heavy atom. The van der Waals surface area contributed by atoms with Gasteiger partial charge < -0.3 is 19.4 Å². The Bertz CT molecular complexity index is 1080. The number of carbonyl (C=O) groups excluding carboxylic acids is 1. The number of para-hydroxylation sites is 1. The summed E-state index contributed by atoms with van der Waals surface area (Å²) in [5, 5.41) is 11.2. The Morgan fingerprint density at radius 2 is 1.88 bits per heavy atom. The maximum Gasteiger partial charge on any atom is 0.573 e. The normalized spacial score (nSPS) is 12.3. The zero-order valence-electron chi connectivity index (χ0n) is 16.9.